The second kappa shape index (κ2) is 4.33. The van der Waals surface area contributed by atoms with Crippen molar-refractivity contribution in [2.45, 2.75) is 13.5 Å². The number of pyridine rings is 1. The number of aryl methyl sites for hydroxylation is 1. The van der Waals surface area contributed by atoms with Gasteiger partial charge in [0.1, 0.15) is 5.69 Å². The van der Waals surface area contributed by atoms with Crippen LogP contribution in [0.1, 0.15) is 11.3 Å². The summed E-state index contributed by atoms with van der Waals surface area (Å²) in [7, 11) is 1.78. The molecule has 6 nitrogen and oxygen atoms in total. The highest BCUT2D eigenvalue weighted by Gasteiger charge is 2.09. The number of nitrogens with two attached hydrogens (primary N) is 1. The molecule has 2 rings (SSSR count). The molecule has 2 aromatic rings. The topological polar surface area (TPSA) is 78.7 Å². The zero-order chi connectivity index (χ0) is 12.6. The van der Waals surface area contributed by atoms with Crippen LogP contribution in [0, 0.1) is 6.92 Å². The summed E-state index contributed by atoms with van der Waals surface area (Å²) < 4.78 is 3.59. The summed E-state index contributed by atoms with van der Waals surface area (Å²) in [5, 5.41) is 7.74. The van der Waals surface area contributed by atoms with E-state index in [1.54, 1.807) is 31.0 Å². The molecule has 0 aliphatic heterocycles. The van der Waals surface area contributed by atoms with Crippen molar-refractivity contribution in [1.82, 2.24) is 19.6 Å². The SMILES string of the molecule is Cc1c(N)cn(Cc2cn(C)nn2)c(=O)c1Br. The molecule has 7 heteroatoms. The molecule has 0 fully saturated rings. The lowest BCUT2D eigenvalue weighted by atomic mass is 10.2. The maximum absolute atomic E-state index is 12.0. The Bertz CT molecular complexity index is 616. The first kappa shape index (κ1) is 11.8. The number of hydrogen-bond acceptors (Lipinski definition) is 4. The number of halogens is 1. The van der Waals surface area contributed by atoms with Gasteiger partial charge in [-0.25, -0.2) is 0 Å². The van der Waals surface area contributed by atoms with Crippen LogP contribution in [-0.4, -0.2) is 19.6 Å². The maximum Gasteiger partial charge on any atom is 0.265 e. The molecule has 0 aromatic carbocycles. The Morgan fingerprint density at radius 1 is 1.47 bits per heavy atom. The van der Waals surface area contributed by atoms with Gasteiger partial charge in [0.2, 0.25) is 0 Å². The van der Waals surface area contributed by atoms with Crippen LogP contribution in [0.25, 0.3) is 0 Å². The summed E-state index contributed by atoms with van der Waals surface area (Å²) in [6.45, 7) is 2.16. The molecule has 0 saturated heterocycles. The van der Waals surface area contributed by atoms with E-state index in [4.69, 9.17) is 5.73 Å². The van der Waals surface area contributed by atoms with Gasteiger partial charge in [-0.05, 0) is 28.4 Å². The van der Waals surface area contributed by atoms with Crippen LogP contribution in [0.2, 0.25) is 0 Å². The van der Waals surface area contributed by atoms with E-state index in [0.717, 1.165) is 5.56 Å². The van der Waals surface area contributed by atoms with Crippen LogP contribution >= 0.6 is 15.9 Å². The fourth-order valence-electron chi connectivity index (χ4n) is 1.50. The van der Waals surface area contributed by atoms with E-state index in [1.165, 1.54) is 4.57 Å². The minimum atomic E-state index is -0.123. The molecule has 0 saturated carbocycles. The first-order valence-electron chi connectivity index (χ1n) is 4.99. The number of nitrogens with zero attached hydrogens (tertiary/aromatic N) is 4. The molecule has 2 aromatic heterocycles. The fourth-order valence-corrected chi connectivity index (χ4v) is 1.95. The lowest BCUT2D eigenvalue weighted by Gasteiger charge is -2.08. The fraction of sp³-hybridized carbons (Fsp3) is 0.300. The van der Waals surface area contributed by atoms with E-state index < -0.39 is 0 Å². The average molecular weight is 298 g/mol. The van der Waals surface area contributed by atoms with Gasteiger partial charge in [0.15, 0.2) is 0 Å². The minimum absolute atomic E-state index is 0.123. The molecule has 90 valence electrons. The van der Waals surface area contributed by atoms with E-state index in [0.29, 0.717) is 22.4 Å². The summed E-state index contributed by atoms with van der Waals surface area (Å²) in [6, 6.07) is 0. The Hall–Kier alpha value is -1.63. The quantitative estimate of drug-likeness (QED) is 0.884. The second-order valence-electron chi connectivity index (χ2n) is 3.84. The van der Waals surface area contributed by atoms with Crippen molar-refractivity contribution in [3.05, 3.63) is 38.5 Å². The van der Waals surface area contributed by atoms with Crippen LogP contribution in [0.15, 0.2) is 21.7 Å². The monoisotopic (exact) mass is 297 g/mol. The predicted octanol–water partition coefficient (Wildman–Crippen LogP) is 0.678. The van der Waals surface area contributed by atoms with Crippen LogP contribution < -0.4 is 11.3 Å². The van der Waals surface area contributed by atoms with Crippen molar-refractivity contribution in [3.63, 3.8) is 0 Å². The predicted molar refractivity (Wildman–Crippen MR) is 67.7 cm³/mol. The zero-order valence-corrected chi connectivity index (χ0v) is 11.1. The Balaban J connectivity index is 2.43. The smallest absolute Gasteiger partial charge is 0.265 e. The molecule has 0 bridgehead atoms. The Morgan fingerprint density at radius 2 is 2.18 bits per heavy atom. The van der Waals surface area contributed by atoms with Crippen molar-refractivity contribution >= 4 is 21.6 Å². The average Bonchev–Trinajstić information content (AvgIpc) is 2.69. The first-order chi connectivity index (χ1) is 7.99. The zero-order valence-electron chi connectivity index (χ0n) is 9.51. The summed E-state index contributed by atoms with van der Waals surface area (Å²) in [4.78, 5) is 12.0. The molecule has 2 N–H and O–H groups in total. The lowest BCUT2D eigenvalue weighted by Crippen LogP contribution is -2.23. The highest BCUT2D eigenvalue weighted by Crippen LogP contribution is 2.17. The van der Waals surface area contributed by atoms with E-state index in [2.05, 4.69) is 26.2 Å². The van der Waals surface area contributed by atoms with E-state index >= 15 is 0 Å². The number of hydrogen-bond donors (Lipinski definition) is 1. The lowest BCUT2D eigenvalue weighted by molar-refractivity contribution is 0.704. The molecule has 0 atom stereocenters. The van der Waals surface area contributed by atoms with Gasteiger partial charge in [0, 0.05) is 19.4 Å². The first-order valence-corrected chi connectivity index (χ1v) is 5.78. The van der Waals surface area contributed by atoms with Gasteiger partial charge in [0.25, 0.3) is 5.56 Å². The molecule has 0 aliphatic carbocycles. The molecular weight excluding hydrogens is 286 g/mol. The van der Waals surface area contributed by atoms with Crippen molar-refractivity contribution in [2.75, 3.05) is 5.73 Å². The number of anilines is 1. The molecular formula is C10H12BrN5O. The van der Waals surface area contributed by atoms with Gasteiger partial charge in [-0.3, -0.25) is 9.48 Å². The van der Waals surface area contributed by atoms with Gasteiger partial charge in [-0.15, -0.1) is 5.10 Å². The molecule has 17 heavy (non-hydrogen) atoms. The third-order valence-corrected chi connectivity index (χ3v) is 3.42. The summed E-state index contributed by atoms with van der Waals surface area (Å²) in [5.41, 5.74) is 7.73. The van der Waals surface area contributed by atoms with Crippen molar-refractivity contribution < 1.29 is 0 Å². The third kappa shape index (κ3) is 2.23. The Kier molecular flexibility index (Phi) is 3.01. The summed E-state index contributed by atoms with van der Waals surface area (Å²) >= 11 is 3.24. The summed E-state index contributed by atoms with van der Waals surface area (Å²) in [5.74, 6) is 0. The van der Waals surface area contributed by atoms with E-state index in [9.17, 15) is 4.79 Å². The molecule has 2 heterocycles. The van der Waals surface area contributed by atoms with Crippen molar-refractivity contribution in [2.24, 2.45) is 7.05 Å². The minimum Gasteiger partial charge on any atom is -0.397 e. The van der Waals surface area contributed by atoms with E-state index in [1.807, 2.05) is 0 Å². The highest BCUT2D eigenvalue weighted by atomic mass is 79.9. The Morgan fingerprint density at radius 3 is 2.76 bits per heavy atom. The third-order valence-electron chi connectivity index (χ3n) is 2.49. The molecule has 0 radical (unpaired) electrons. The highest BCUT2D eigenvalue weighted by molar-refractivity contribution is 9.10. The van der Waals surface area contributed by atoms with Crippen LogP contribution in [0.5, 0.6) is 0 Å². The molecule has 0 amide bonds. The maximum atomic E-state index is 12.0. The summed E-state index contributed by atoms with van der Waals surface area (Å²) in [6.07, 6.45) is 3.38. The van der Waals surface area contributed by atoms with Gasteiger partial charge in [-0.2, -0.15) is 0 Å². The Labute approximate surface area is 106 Å². The van der Waals surface area contributed by atoms with Gasteiger partial charge in [-0.1, -0.05) is 5.21 Å². The van der Waals surface area contributed by atoms with Crippen molar-refractivity contribution in [3.8, 4) is 0 Å². The number of nitrogen functional groups attached to an aromatic ring is 1. The van der Waals surface area contributed by atoms with Crippen LogP contribution in [0.4, 0.5) is 5.69 Å². The molecule has 0 spiro atoms. The van der Waals surface area contributed by atoms with Gasteiger partial charge < -0.3 is 10.3 Å². The molecule has 0 aliphatic rings. The van der Waals surface area contributed by atoms with Crippen molar-refractivity contribution in [1.29, 1.82) is 0 Å². The van der Waals surface area contributed by atoms with Crippen LogP contribution in [0.3, 0.4) is 0 Å². The standard InChI is InChI=1S/C10H12BrN5O/c1-6-8(12)5-16(10(17)9(6)11)4-7-3-15(2)14-13-7/h3,5H,4,12H2,1-2H3. The number of aromatic nitrogens is 4. The molecule has 0 unspecified atom stereocenters. The number of rotatable bonds is 2. The normalized spacial score (nSPS) is 10.8. The van der Waals surface area contributed by atoms with Gasteiger partial charge in [0.05, 0.1) is 16.7 Å². The second-order valence-corrected chi connectivity index (χ2v) is 4.63. The van der Waals surface area contributed by atoms with Gasteiger partial charge >= 0.3 is 0 Å². The van der Waals surface area contributed by atoms with E-state index in [-0.39, 0.29) is 5.56 Å². The largest absolute Gasteiger partial charge is 0.397 e. The van der Waals surface area contributed by atoms with Crippen LogP contribution in [-0.2, 0) is 13.6 Å².